The molecule has 0 amide bonds. The molecule has 0 saturated heterocycles. The highest BCUT2D eigenvalue weighted by Gasteiger charge is 2.16. The molecule has 0 spiro atoms. The van der Waals surface area contributed by atoms with Crippen molar-refractivity contribution in [1.82, 2.24) is 0 Å². The van der Waals surface area contributed by atoms with Gasteiger partial charge in [0.2, 0.25) is 0 Å². The molecule has 4 heteroatoms. The van der Waals surface area contributed by atoms with Crippen molar-refractivity contribution in [3.05, 3.63) is 18.2 Å². The number of nitrogens with one attached hydrogen (secondary N) is 1. The van der Waals surface area contributed by atoms with Crippen LogP contribution in [-0.2, 0) is 0 Å². The topological polar surface area (TPSA) is 67.5 Å². The monoisotopic (exact) mass is 252 g/mol. The van der Waals surface area contributed by atoms with E-state index in [1.165, 1.54) is 0 Å². The van der Waals surface area contributed by atoms with Gasteiger partial charge in [-0.1, -0.05) is 20.8 Å². The highest BCUT2D eigenvalue weighted by atomic mass is 16.5. The van der Waals surface area contributed by atoms with E-state index in [9.17, 15) is 5.11 Å². The highest BCUT2D eigenvalue weighted by Crippen LogP contribution is 2.24. The van der Waals surface area contributed by atoms with Crippen LogP contribution in [0.1, 0.15) is 27.2 Å². The van der Waals surface area contributed by atoms with Crippen LogP contribution in [0.5, 0.6) is 5.75 Å². The molecule has 0 saturated carbocycles. The zero-order valence-electron chi connectivity index (χ0n) is 11.7. The molecule has 0 aliphatic heterocycles. The summed E-state index contributed by atoms with van der Waals surface area (Å²) in [5.74, 6) is 0.711. The number of hydrogen-bond donors (Lipinski definition) is 3. The largest absolute Gasteiger partial charge is 0.497 e. The Morgan fingerprint density at radius 3 is 2.56 bits per heavy atom. The number of aliphatic hydroxyl groups is 1. The second-order valence-corrected chi connectivity index (χ2v) is 5.79. The van der Waals surface area contributed by atoms with Crippen LogP contribution in [0.15, 0.2) is 18.2 Å². The first-order valence-corrected chi connectivity index (χ1v) is 6.16. The Balaban J connectivity index is 2.55. The number of methoxy groups -OCH3 is 1. The van der Waals surface area contributed by atoms with E-state index in [0.717, 1.165) is 12.1 Å². The van der Waals surface area contributed by atoms with Crippen molar-refractivity contribution < 1.29 is 9.84 Å². The van der Waals surface area contributed by atoms with E-state index < -0.39 is 0 Å². The number of anilines is 2. The van der Waals surface area contributed by atoms with Crippen molar-refractivity contribution >= 4 is 11.4 Å². The number of aliphatic hydroxyl groups excluding tert-OH is 1. The second kappa shape index (κ2) is 5.96. The van der Waals surface area contributed by atoms with E-state index in [4.69, 9.17) is 10.5 Å². The molecular weight excluding hydrogens is 228 g/mol. The van der Waals surface area contributed by atoms with Gasteiger partial charge in [-0.05, 0) is 17.9 Å². The first kappa shape index (κ1) is 14.6. The van der Waals surface area contributed by atoms with E-state index in [-0.39, 0.29) is 11.5 Å². The Hall–Kier alpha value is -1.42. The fourth-order valence-corrected chi connectivity index (χ4v) is 1.86. The van der Waals surface area contributed by atoms with Crippen LogP contribution in [0.3, 0.4) is 0 Å². The lowest BCUT2D eigenvalue weighted by Gasteiger charge is -2.23. The molecule has 0 radical (unpaired) electrons. The van der Waals surface area contributed by atoms with E-state index in [1.807, 2.05) is 12.1 Å². The van der Waals surface area contributed by atoms with Gasteiger partial charge < -0.3 is 20.9 Å². The summed E-state index contributed by atoms with van der Waals surface area (Å²) in [6, 6.07) is 5.45. The number of rotatable bonds is 5. The quantitative estimate of drug-likeness (QED) is 0.704. The summed E-state index contributed by atoms with van der Waals surface area (Å²) < 4.78 is 5.14. The number of benzene rings is 1. The van der Waals surface area contributed by atoms with Crippen LogP contribution in [0.2, 0.25) is 0 Å². The third-order valence-electron chi connectivity index (χ3n) is 2.55. The van der Waals surface area contributed by atoms with Gasteiger partial charge in [0, 0.05) is 30.1 Å². The molecule has 1 unspecified atom stereocenters. The van der Waals surface area contributed by atoms with Crippen molar-refractivity contribution in [1.29, 1.82) is 0 Å². The summed E-state index contributed by atoms with van der Waals surface area (Å²) >= 11 is 0. The molecule has 0 aliphatic rings. The van der Waals surface area contributed by atoms with E-state index in [0.29, 0.717) is 18.0 Å². The Bertz CT molecular complexity index is 386. The first-order chi connectivity index (χ1) is 8.30. The van der Waals surface area contributed by atoms with Gasteiger partial charge in [0.25, 0.3) is 0 Å². The number of nitrogens with two attached hydrogens (primary N) is 1. The minimum atomic E-state index is -0.377. The summed E-state index contributed by atoms with van der Waals surface area (Å²) in [6.07, 6.45) is 0.372. The smallest absolute Gasteiger partial charge is 0.122 e. The van der Waals surface area contributed by atoms with Crippen LogP contribution in [0, 0.1) is 5.41 Å². The van der Waals surface area contributed by atoms with Crippen molar-refractivity contribution in [2.75, 3.05) is 24.7 Å². The molecule has 4 N–H and O–H groups in total. The SMILES string of the molecule is COc1cc(N)cc(NCC(O)CC(C)(C)C)c1. The average molecular weight is 252 g/mol. The molecule has 4 nitrogen and oxygen atoms in total. The maximum Gasteiger partial charge on any atom is 0.122 e. The molecular formula is C14H24N2O2. The first-order valence-electron chi connectivity index (χ1n) is 6.16. The number of ether oxygens (including phenoxy) is 1. The fraction of sp³-hybridized carbons (Fsp3) is 0.571. The normalized spacial score (nSPS) is 13.2. The predicted molar refractivity (Wildman–Crippen MR) is 76.0 cm³/mol. The summed E-state index contributed by atoms with van der Waals surface area (Å²) in [6.45, 7) is 6.84. The summed E-state index contributed by atoms with van der Waals surface area (Å²) in [5, 5.41) is 13.1. The van der Waals surface area contributed by atoms with Crippen LogP contribution in [-0.4, -0.2) is 24.9 Å². The van der Waals surface area contributed by atoms with Gasteiger partial charge in [-0.2, -0.15) is 0 Å². The number of nitrogen functional groups attached to an aromatic ring is 1. The van der Waals surface area contributed by atoms with Gasteiger partial charge in [0.1, 0.15) is 5.75 Å². The summed E-state index contributed by atoms with van der Waals surface area (Å²) in [4.78, 5) is 0. The van der Waals surface area contributed by atoms with E-state index >= 15 is 0 Å². The Morgan fingerprint density at radius 2 is 2.00 bits per heavy atom. The highest BCUT2D eigenvalue weighted by molar-refractivity contribution is 5.59. The van der Waals surface area contributed by atoms with Crippen LogP contribution in [0.4, 0.5) is 11.4 Å². The van der Waals surface area contributed by atoms with Crippen molar-refractivity contribution in [3.63, 3.8) is 0 Å². The van der Waals surface area contributed by atoms with Gasteiger partial charge in [-0.15, -0.1) is 0 Å². The van der Waals surface area contributed by atoms with Gasteiger partial charge in [-0.25, -0.2) is 0 Å². The lowest BCUT2D eigenvalue weighted by Crippen LogP contribution is -2.25. The molecule has 0 aliphatic carbocycles. The predicted octanol–water partition coefficient (Wildman–Crippen LogP) is 2.49. The molecule has 1 rings (SSSR count). The average Bonchev–Trinajstić information content (AvgIpc) is 2.23. The molecule has 1 aromatic carbocycles. The van der Waals surface area contributed by atoms with Gasteiger partial charge in [0.15, 0.2) is 0 Å². The van der Waals surface area contributed by atoms with Crippen molar-refractivity contribution in [2.45, 2.75) is 33.3 Å². The molecule has 102 valence electrons. The van der Waals surface area contributed by atoms with Crippen molar-refractivity contribution in [2.24, 2.45) is 5.41 Å². The molecule has 0 aromatic heterocycles. The van der Waals surface area contributed by atoms with Crippen LogP contribution < -0.4 is 15.8 Å². The minimum absolute atomic E-state index is 0.120. The summed E-state index contributed by atoms with van der Waals surface area (Å²) in [7, 11) is 1.60. The minimum Gasteiger partial charge on any atom is -0.497 e. The van der Waals surface area contributed by atoms with E-state index in [1.54, 1.807) is 13.2 Å². The zero-order valence-corrected chi connectivity index (χ0v) is 11.7. The lowest BCUT2D eigenvalue weighted by molar-refractivity contribution is 0.132. The zero-order chi connectivity index (χ0) is 13.8. The van der Waals surface area contributed by atoms with Gasteiger partial charge >= 0.3 is 0 Å². The molecule has 0 fully saturated rings. The Labute approximate surface area is 109 Å². The van der Waals surface area contributed by atoms with Crippen LogP contribution >= 0.6 is 0 Å². The fourth-order valence-electron chi connectivity index (χ4n) is 1.86. The third-order valence-corrected chi connectivity index (χ3v) is 2.55. The molecule has 0 bridgehead atoms. The second-order valence-electron chi connectivity index (χ2n) is 5.79. The standard InChI is InChI=1S/C14H24N2O2/c1-14(2,3)8-12(17)9-16-11-5-10(15)6-13(7-11)18-4/h5-7,12,16-17H,8-9,15H2,1-4H3. The molecule has 0 heterocycles. The Morgan fingerprint density at radius 1 is 1.33 bits per heavy atom. The van der Waals surface area contributed by atoms with Crippen molar-refractivity contribution in [3.8, 4) is 5.75 Å². The maximum atomic E-state index is 9.92. The number of hydrogen-bond acceptors (Lipinski definition) is 4. The molecule has 18 heavy (non-hydrogen) atoms. The van der Waals surface area contributed by atoms with E-state index in [2.05, 4.69) is 26.1 Å². The van der Waals surface area contributed by atoms with Gasteiger partial charge in [0.05, 0.1) is 13.2 Å². The maximum absolute atomic E-state index is 9.92. The molecule has 1 atom stereocenters. The van der Waals surface area contributed by atoms with Gasteiger partial charge in [-0.3, -0.25) is 0 Å². The summed E-state index contributed by atoms with van der Waals surface area (Å²) in [5.41, 5.74) is 7.38. The third kappa shape index (κ3) is 5.27. The molecule has 1 aromatic rings. The lowest BCUT2D eigenvalue weighted by atomic mass is 9.89. The van der Waals surface area contributed by atoms with Crippen LogP contribution in [0.25, 0.3) is 0 Å². The Kier molecular flexibility index (Phi) is 4.84.